The third-order valence-corrected chi connectivity index (χ3v) is 2.59. The van der Waals surface area contributed by atoms with E-state index in [0.717, 1.165) is 15.2 Å². The monoisotopic (exact) mass is 233 g/mol. The average Bonchev–Trinajstić information content (AvgIpc) is 2.18. The molecule has 0 saturated heterocycles. The Morgan fingerprint density at radius 2 is 1.92 bits per heavy atom. The summed E-state index contributed by atoms with van der Waals surface area (Å²) in [6.45, 7) is 0. The van der Waals surface area contributed by atoms with E-state index in [1.165, 1.54) is 0 Å². The lowest BCUT2D eigenvalue weighted by Crippen LogP contribution is -1.81. The smallest absolute Gasteiger partial charge is 0.233 e. The molecule has 0 heterocycles. The third kappa shape index (κ3) is 1.49. The summed E-state index contributed by atoms with van der Waals surface area (Å²) in [6.07, 6.45) is 1.88. The molecule has 1 radical (unpaired) electrons. The zero-order valence-electron chi connectivity index (χ0n) is 6.75. The van der Waals surface area contributed by atoms with Gasteiger partial charge in [-0.2, -0.15) is 0 Å². The largest absolute Gasteiger partial charge is 0.285 e. The normalized spacial score (nSPS) is 10.2. The second-order valence-electron chi connectivity index (χ2n) is 2.78. The van der Waals surface area contributed by atoms with Gasteiger partial charge in [0.2, 0.25) is 6.29 Å². The fourth-order valence-corrected chi connectivity index (χ4v) is 1.93. The van der Waals surface area contributed by atoms with Crippen molar-refractivity contribution in [3.63, 3.8) is 0 Å². The van der Waals surface area contributed by atoms with Gasteiger partial charge in [0.05, 0.1) is 0 Å². The Morgan fingerprint density at radius 1 is 1.15 bits per heavy atom. The number of halogens is 1. The quantitative estimate of drug-likeness (QED) is 0.741. The SMILES string of the molecule is O=[C]c1cc(Br)c2ccccc2c1. The Labute approximate surface area is 84.5 Å². The Hall–Kier alpha value is -1.15. The Bertz CT molecular complexity index is 463. The fraction of sp³-hybridized carbons (Fsp3) is 0. The first-order valence-corrected chi connectivity index (χ1v) is 4.67. The van der Waals surface area contributed by atoms with Crippen molar-refractivity contribution < 1.29 is 4.79 Å². The summed E-state index contributed by atoms with van der Waals surface area (Å²) in [5.74, 6) is 0. The maximum absolute atomic E-state index is 10.5. The van der Waals surface area contributed by atoms with Crippen LogP contribution in [0, 0.1) is 0 Å². The van der Waals surface area contributed by atoms with Gasteiger partial charge in [-0.3, -0.25) is 4.79 Å². The van der Waals surface area contributed by atoms with Crippen LogP contribution in [-0.2, 0) is 4.79 Å². The third-order valence-electron chi connectivity index (χ3n) is 1.93. The first-order chi connectivity index (χ1) is 6.31. The lowest BCUT2D eigenvalue weighted by molar-refractivity contribution is 0.563. The molecule has 1 nitrogen and oxygen atoms in total. The van der Waals surface area contributed by atoms with E-state index < -0.39 is 0 Å². The molecule has 63 valence electrons. The highest BCUT2D eigenvalue weighted by Gasteiger charge is 2.00. The summed E-state index contributed by atoms with van der Waals surface area (Å²) in [4.78, 5) is 10.5. The molecule has 0 amide bonds. The molecule has 2 aromatic carbocycles. The first-order valence-electron chi connectivity index (χ1n) is 3.88. The van der Waals surface area contributed by atoms with Crippen LogP contribution in [0.4, 0.5) is 0 Å². The molecule has 0 aliphatic rings. The summed E-state index contributed by atoms with van der Waals surface area (Å²) in [6, 6.07) is 11.5. The van der Waals surface area contributed by atoms with Gasteiger partial charge in [-0.05, 0) is 22.9 Å². The van der Waals surface area contributed by atoms with Crippen LogP contribution >= 0.6 is 15.9 Å². The lowest BCUT2D eigenvalue weighted by atomic mass is 10.1. The van der Waals surface area contributed by atoms with Crippen LogP contribution in [-0.4, -0.2) is 6.29 Å². The fourth-order valence-electron chi connectivity index (χ4n) is 1.32. The predicted octanol–water partition coefficient (Wildman–Crippen LogP) is 3.06. The van der Waals surface area contributed by atoms with E-state index in [2.05, 4.69) is 15.9 Å². The second kappa shape index (κ2) is 3.30. The average molecular weight is 234 g/mol. The Morgan fingerprint density at radius 3 is 2.69 bits per heavy atom. The van der Waals surface area contributed by atoms with Crippen LogP contribution < -0.4 is 0 Å². The van der Waals surface area contributed by atoms with Crippen molar-refractivity contribution in [2.75, 3.05) is 0 Å². The van der Waals surface area contributed by atoms with E-state index in [1.54, 1.807) is 6.07 Å². The van der Waals surface area contributed by atoms with Crippen molar-refractivity contribution in [3.8, 4) is 0 Å². The topological polar surface area (TPSA) is 17.1 Å². The summed E-state index contributed by atoms with van der Waals surface area (Å²) >= 11 is 3.41. The van der Waals surface area contributed by atoms with Crippen LogP contribution in [0.3, 0.4) is 0 Å². The molecule has 0 aliphatic carbocycles. The number of hydrogen-bond donors (Lipinski definition) is 0. The minimum atomic E-state index is 0.575. The Kier molecular flexibility index (Phi) is 2.15. The molecule has 0 N–H and O–H groups in total. The number of benzene rings is 2. The molecule has 0 bridgehead atoms. The van der Waals surface area contributed by atoms with Crippen LogP contribution in [0.15, 0.2) is 40.9 Å². The molecule has 0 aliphatic heterocycles. The molecule has 0 saturated carbocycles. The molecule has 2 heteroatoms. The van der Waals surface area contributed by atoms with Gasteiger partial charge in [-0.1, -0.05) is 40.2 Å². The van der Waals surface area contributed by atoms with Crippen molar-refractivity contribution in [3.05, 3.63) is 46.4 Å². The standard InChI is InChI=1S/C11H6BrO/c12-11-6-8(7-13)5-9-3-1-2-4-10(9)11/h1-6H. The van der Waals surface area contributed by atoms with Crippen LogP contribution in [0.5, 0.6) is 0 Å². The van der Waals surface area contributed by atoms with E-state index in [0.29, 0.717) is 5.56 Å². The summed E-state index contributed by atoms with van der Waals surface area (Å²) < 4.78 is 0.934. The number of carbonyl (C=O) groups excluding carboxylic acids is 1. The highest BCUT2D eigenvalue weighted by Crippen LogP contribution is 2.24. The minimum Gasteiger partial charge on any atom is -0.285 e. The molecular formula is C11H6BrO. The van der Waals surface area contributed by atoms with Crippen molar-refractivity contribution in [1.82, 2.24) is 0 Å². The Balaban J connectivity index is 2.84. The zero-order valence-corrected chi connectivity index (χ0v) is 8.34. The van der Waals surface area contributed by atoms with E-state index in [-0.39, 0.29) is 0 Å². The molecule has 0 aromatic heterocycles. The van der Waals surface area contributed by atoms with Crippen LogP contribution in [0.25, 0.3) is 10.8 Å². The zero-order chi connectivity index (χ0) is 9.26. The van der Waals surface area contributed by atoms with Crippen molar-refractivity contribution in [2.45, 2.75) is 0 Å². The highest BCUT2D eigenvalue weighted by molar-refractivity contribution is 9.10. The van der Waals surface area contributed by atoms with Gasteiger partial charge < -0.3 is 0 Å². The van der Waals surface area contributed by atoms with Crippen molar-refractivity contribution >= 4 is 33.0 Å². The molecule has 0 fully saturated rings. The number of hydrogen-bond acceptors (Lipinski definition) is 1. The van der Waals surface area contributed by atoms with E-state index in [1.807, 2.05) is 36.6 Å². The maximum atomic E-state index is 10.5. The molecule has 0 unspecified atom stereocenters. The van der Waals surface area contributed by atoms with Crippen LogP contribution in [0.1, 0.15) is 5.56 Å². The molecule has 13 heavy (non-hydrogen) atoms. The molecule has 2 aromatic rings. The van der Waals surface area contributed by atoms with Gasteiger partial charge in [0, 0.05) is 10.0 Å². The van der Waals surface area contributed by atoms with E-state index in [4.69, 9.17) is 0 Å². The molecule has 2 rings (SSSR count). The minimum absolute atomic E-state index is 0.575. The van der Waals surface area contributed by atoms with Gasteiger partial charge in [0.25, 0.3) is 0 Å². The summed E-state index contributed by atoms with van der Waals surface area (Å²) in [5, 5.41) is 2.16. The first kappa shape index (κ1) is 8.45. The van der Waals surface area contributed by atoms with Gasteiger partial charge in [-0.15, -0.1) is 0 Å². The summed E-state index contributed by atoms with van der Waals surface area (Å²) in [7, 11) is 0. The maximum Gasteiger partial charge on any atom is 0.233 e. The number of fused-ring (bicyclic) bond motifs is 1. The predicted molar refractivity (Wildman–Crippen MR) is 56.4 cm³/mol. The van der Waals surface area contributed by atoms with E-state index >= 15 is 0 Å². The van der Waals surface area contributed by atoms with Gasteiger partial charge >= 0.3 is 0 Å². The van der Waals surface area contributed by atoms with Crippen molar-refractivity contribution in [1.29, 1.82) is 0 Å². The molecular weight excluding hydrogens is 228 g/mol. The van der Waals surface area contributed by atoms with Gasteiger partial charge in [-0.25, -0.2) is 0 Å². The van der Waals surface area contributed by atoms with Crippen LogP contribution in [0.2, 0.25) is 0 Å². The van der Waals surface area contributed by atoms with E-state index in [9.17, 15) is 4.79 Å². The lowest BCUT2D eigenvalue weighted by Gasteiger charge is -2.00. The molecule has 0 atom stereocenters. The second-order valence-corrected chi connectivity index (χ2v) is 3.64. The highest BCUT2D eigenvalue weighted by atomic mass is 79.9. The van der Waals surface area contributed by atoms with Gasteiger partial charge in [0.1, 0.15) is 0 Å². The van der Waals surface area contributed by atoms with Crippen molar-refractivity contribution in [2.24, 2.45) is 0 Å². The number of rotatable bonds is 1. The summed E-state index contributed by atoms with van der Waals surface area (Å²) in [5.41, 5.74) is 0.575. The van der Waals surface area contributed by atoms with Gasteiger partial charge in [0.15, 0.2) is 0 Å². The molecule has 0 spiro atoms.